The molecule has 0 fully saturated rings. The van der Waals surface area contributed by atoms with Gasteiger partial charge >= 0.3 is 0 Å². The summed E-state index contributed by atoms with van der Waals surface area (Å²) in [4.78, 5) is 4.41. The molecule has 0 spiro atoms. The Morgan fingerprint density at radius 3 is 2.32 bits per heavy atom. The number of hydrogen-bond donors (Lipinski definition) is 1. The van der Waals surface area contributed by atoms with Crippen molar-refractivity contribution in [1.82, 2.24) is 0 Å². The first-order valence-corrected chi connectivity index (χ1v) is 7.38. The number of hydrogen-bond acceptors (Lipinski definition) is 2. The first-order valence-electron chi connectivity index (χ1n) is 5.55. The zero-order chi connectivity index (χ0) is 13.6. The highest BCUT2D eigenvalue weighted by Gasteiger charge is 2.42. The van der Waals surface area contributed by atoms with Gasteiger partial charge < -0.3 is 5.11 Å². The Morgan fingerprint density at radius 2 is 1.63 bits per heavy atom. The van der Waals surface area contributed by atoms with Gasteiger partial charge in [-0.2, -0.15) is 0 Å². The summed E-state index contributed by atoms with van der Waals surface area (Å²) in [7, 11) is 0. The molecule has 5 heteroatoms. The maximum absolute atomic E-state index is 11.1. The molecule has 2 nitrogen and oxygen atoms in total. The second-order valence-corrected chi connectivity index (χ2v) is 6.18. The average Bonchev–Trinajstić information content (AvgIpc) is 2.64. The fourth-order valence-corrected chi connectivity index (χ4v) is 3.32. The van der Waals surface area contributed by atoms with Gasteiger partial charge in [0.05, 0.1) is 5.69 Å². The van der Waals surface area contributed by atoms with Gasteiger partial charge in [0.15, 0.2) is 5.60 Å². The molecule has 0 radical (unpaired) electrons. The van der Waals surface area contributed by atoms with E-state index < -0.39 is 5.60 Å². The molecule has 0 saturated carbocycles. The average molecular weight is 404 g/mol. The van der Waals surface area contributed by atoms with E-state index in [1.807, 2.05) is 6.07 Å². The summed E-state index contributed by atoms with van der Waals surface area (Å²) >= 11 is 14.0. The van der Waals surface area contributed by atoms with Gasteiger partial charge in [-0.3, -0.25) is 0 Å². The number of halogens is 3. The summed E-state index contributed by atoms with van der Waals surface area (Å²) < 4.78 is 0.602. The van der Waals surface area contributed by atoms with E-state index in [1.165, 1.54) is 0 Å². The highest BCUT2D eigenvalue weighted by Crippen LogP contribution is 2.45. The molecule has 1 unspecified atom stereocenters. The van der Waals surface area contributed by atoms with E-state index in [-0.39, 0.29) is 0 Å². The maximum atomic E-state index is 11.1. The van der Waals surface area contributed by atoms with E-state index in [0.29, 0.717) is 19.3 Å². The molecular formula is C14H8Cl2INO. The smallest absolute Gasteiger partial charge is 0.165 e. The molecular weight excluding hydrogens is 396 g/mol. The highest BCUT2D eigenvalue weighted by molar-refractivity contribution is 14.1. The molecule has 19 heavy (non-hydrogen) atoms. The van der Waals surface area contributed by atoms with Gasteiger partial charge in [0, 0.05) is 15.6 Å². The molecule has 1 atom stereocenters. The number of nitrogens with zero attached hydrogens (tertiary/aromatic N) is 1. The van der Waals surface area contributed by atoms with Crippen molar-refractivity contribution in [2.75, 3.05) is 0 Å². The second kappa shape index (κ2) is 4.74. The van der Waals surface area contributed by atoms with Crippen LogP contribution in [0.2, 0.25) is 10.0 Å². The zero-order valence-corrected chi connectivity index (χ0v) is 13.2. The Hall–Kier alpha value is -0.620. The summed E-state index contributed by atoms with van der Waals surface area (Å²) in [6.45, 7) is 0. The van der Waals surface area contributed by atoms with Gasteiger partial charge in [0.2, 0.25) is 0 Å². The predicted molar refractivity (Wildman–Crippen MR) is 87.0 cm³/mol. The van der Waals surface area contributed by atoms with E-state index in [0.717, 1.165) is 11.3 Å². The molecule has 3 rings (SSSR count). The third-order valence-corrected chi connectivity index (χ3v) is 4.64. The van der Waals surface area contributed by atoms with Crippen LogP contribution in [0.15, 0.2) is 47.5 Å². The van der Waals surface area contributed by atoms with Crippen LogP contribution >= 0.6 is 45.8 Å². The molecule has 96 valence electrons. The summed E-state index contributed by atoms with van der Waals surface area (Å²) in [6, 6.07) is 12.4. The maximum Gasteiger partial charge on any atom is 0.165 e. The Kier molecular flexibility index (Phi) is 3.33. The Balaban J connectivity index is 2.22. The quantitative estimate of drug-likeness (QED) is 0.687. The molecule has 0 aromatic heterocycles. The first kappa shape index (κ1) is 13.4. The molecule has 1 heterocycles. The lowest BCUT2D eigenvalue weighted by Crippen LogP contribution is -2.30. The van der Waals surface area contributed by atoms with Crippen LogP contribution in [0.25, 0.3) is 0 Å². The summed E-state index contributed by atoms with van der Waals surface area (Å²) in [5, 5.41) is 12.3. The van der Waals surface area contributed by atoms with Crippen molar-refractivity contribution >= 4 is 55.2 Å². The van der Waals surface area contributed by atoms with Crippen molar-refractivity contribution in [3.63, 3.8) is 0 Å². The molecule has 1 aliphatic rings. The number of rotatable bonds is 1. The molecule has 1 aliphatic heterocycles. The largest absolute Gasteiger partial charge is 0.374 e. The number of aliphatic hydroxyl groups is 1. The SMILES string of the molecule is OC1(c2ccc(Cl)cc2)C(I)=Nc2ccc(Cl)cc21. The van der Waals surface area contributed by atoms with E-state index in [1.54, 1.807) is 36.4 Å². The predicted octanol–water partition coefficient (Wildman–Crippen LogP) is 4.71. The minimum atomic E-state index is -1.24. The fraction of sp³-hybridized carbons (Fsp3) is 0.0714. The molecule has 0 amide bonds. The molecule has 2 aromatic carbocycles. The Morgan fingerprint density at radius 1 is 1.00 bits per heavy atom. The normalized spacial score (nSPS) is 21.2. The molecule has 0 aliphatic carbocycles. The lowest BCUT2D eigenvalue weighted by molar-refractivity contribution is 0.164. The van der Waals surface area contributed by atoms with Crippen LogP contribution in [0.5, 0.6) is 0 Å². The molecule has 2 aromatic rings. The van der Waals surface area contributed by atoms with Crippen molar-refractivity contribution in [2.24, 2.45) is 4.99 Å². The van der Waals surface area contributed by atoms with Gasteiger partial charge in [-0.05, 0) is 58.5 Å². The van der Waals surface area contributed by atoms with Crippen molar-refractivity contribution in [3.05, 3.63) is 63.6 Å². The van der Waals surface area contributed by atoms with Crippen molar-refractivity contribution in [2.45, 2.75) is 5.60 Å². The second-order valence-electron chi connectivity index (χ2n) is 4.28. The van der Waals surface area contributed by atoms with Crippen LogP contribution in [-0.4, -0.2) is 8.82 Å². The monoisotopic (exact) mass is 403 g/mol. The summed E-state index contributed by atoms with van der Waals surface area (Å²) in [5.74, 6) is 0. The van der Waals surface area contributed by atoms with Crippen LogP contribution in [0, 0.1) is 0 Å². The summed E-state index contributed by atoms with van der Waals surface area (Å²) in [5.41, 5.74) is 0.926. The van der Waals surface area contributed by atoms with Crippen molar-refractivity contribution < 1.29 is 5.11 Å². The summed E-state index contributed by atoms with van der Waals surface area (Å²) in [6.07, 6.45) is 0. The van der Waals surface area contributed by atoms with Gasteiger partial charge in [-0.25, -0.2) is 4.99 Å². The minimum absolute atomic E-state index is 0.576. The zero-order valence-electron chi connectivity index (χ0n) is 9.57. The van der Waals surface area contributed by atoms with E-state index in [2.05, 4.69) is 27.6 Å². The van der Waals surface area contributed by atoms with Crippen LogP contribution in [0.3, 0.4) is 0 Å². The van der Waals surface area contributed by atoms with Crippen LogP contribution in [0.1, 0.15) is 11.1 Å². The van der Waals surface area contributed by atoms with E-state index in [9.17, 15) is 5.11 Å². The van der Waals surface area contributed by atoms with Crippen molar-refractivity contribution in [3.8, 4) is 0 Å². The third kappa shape index (κ3) is 2.09. The van der Waals surface area contributed by atoms with Gasteiger partial charge in [-0.1, -0.05) is 35.3 Å². The highest BCUT2D eigenvalue weighted by atomic mass is 127. The Labute approximate surface area is 134 Å². The van der Waals surface area contributed by atoms with E-state index >= 15 is 0 Å². The lowest BCUT2D eigenvalue weighted by Gasteiger charge is -2.24. The topological polar surface area (TPSA) is 32.6 Å². The molecule has 0 bridgehead atoms. The van der Waals surface area contributed by atoms with Crippen LogP contribution in [0.4, 0.5) is 5.69 Å². The van der Waals surface area contributed by atoms with Crippen LogP contribution < -0.4 is 0 Å². The number of benzene rings is 2. The third-order valence-electron chi connectivity index (χ3n) is 3.13. The van der Waals surface area contributed by atoms with Crippen molar-refractivity contribution in [1.29, 1.82) is 0 Å². The first-order chi connectivity index (χ1) is 9.01. The minimum Gasteiger partial charge on any atom is -0.374 e. The van der Waals surface area contributed by atoms with Gasteiger partial charge in [0.25, 0.3) is 0 Å². The fourth-order valence-electron chi connectivity index (χ4n) is 2.16. The lowest BCUT2D eigenvalue weighted by atomic mass is 9.88. The van der Waals surface area contributed by atoms with Crippen LogP contribution in [-0.2, 0) is 5.60 Å². The van der Waals surface area contributed by atoms with Gasteiger partial charge in [0.1, 0.15) is 3.72 Å². The van der Waals surface area contributed by atoms with E-state index in [4.69, 9.17) is 23.2 Å². The Bertz CT molecular complexity index is 684. The molecule has 1 N–H and O–H groups in total. The standard InChI is InChI=1S/C14H8Cl2INO/c15-9-3-1-8(2-4-9)14(19)11-7-10(16)5-6-12(11)18-13(14)17/h1-7,19H. The number of aliphatic imine (C=N–C) groups is 1. The molecule has 0 saturated heterocycles. The van der Waals surface area contributed by atoms with Gasteiger partial charge in [-0.15, -0.1) is 0 Å². The number of fused-ring (bicyclic) bond motifs is 1.